The third-order valence-corrected chi connectivity index (χ3v) is 6.65. The van der Waals surface area contributed by atoms with Gasteiger partial charge >= 0.3 is 0 Å². The summed E-state index contributed by atoms with van der Waals surface area (Å²) in [5.41, 5.74) is 1.26. The number of nitrogens with zero attached hydrogens (tertiary/aromatic N) is 2. The molecule has 1 heterocycles. The highest BCUT2D eigenvalue weighted by atomic mass is 16.5. The molecule has 0 radical (unpaired) electrons. The SMILES string of the molecule is CCCCCOc1ccc(/C(O)=C2/C(=O)C(=O)N(CCN(CC)CC)C2c2cccc(OC)c2)cc1. The first-order chi connectivity index (χ1) is 17.4. The predicted molar refractivity (Wildman–Crippen MR) is 141 cm³/mol. The number of ether oxygens (including phenoxy) is 2. The average molecular weight is 495 g/mol. The van der Waals surface area contributed by atoms with Crippen LogP contribution in [0, 0.1) is 0 Å². The van der Waals surface area contributed by atoms with Gasteiger partial charge in [-0.3, -0.25) is 9.59 Å². The Kier molecular flexibility index (Phi) is 9.94. The van der Waals surface area contributed by atoms with Crippen molar-refractivity contribution >= 4 is 17.4 Å². The number of carbonyl (C=O) groups is 2. The van der Waals surface area contributed by atoms with Crippen molar-refractivity contribution in [3.63, 3.8) is 0 Å². The Morgan fingerprint density at radius 3 is 2.36 bits per heavy atom. The van der Waals surface area contributed by atoms with Gasteiger partial charge in [0.1, 0.15) is 17.3 Å². The van der Waals surface area contributed by atoms with E-state index in [1.165, 1.54) is 0 Å². The highest BCUT2D eigenvalue weighted by Gasteiger charge is 2.46. The number of hydrogen-bond acceptors (Lipinski definition) is 6. The highest BCUT2D eigenvalue weighted by molar-refractivity contribution is 6.46. The lowest BCUT2D eigenvalue weighted by molar-refractivity contribution is -0.140. The van der Waals surface area contributed by atoms with Crippen molar-refractivity contribution in [2.45, 2.75) is 46.1 Å². The van der Waals surface area contributed by atoms with Crippen molar-refractivity contribution in [3.8, 4) is 11.5 Å². The molecule has 1 aliphatic heterocycles. The van der Waals surface area contributed by atoms with Gasteiger partial charge in [0, 0.05) is 18.7 Å². The number of rotatable bonds is 13. The van der Waals surface area contributed by atoms with E-state index in [4.69, 9.17) is 9.47 Å². The molecule has 1 aliphatic rings. The monoisotopic (exact) mass is 494 g/mol. The fourth-order valence-corrected chi connectivity index (χ4v) is 4.46. The second-order valence-electron chi connectivity index (χ2n) is 8.88. The summed E-state index contributed by atoms with van der Waals surface area (Å²) in [4.78, 5) is 30.2. The Morgan fingerprint density at radius 2 is 1.72 bits per heavy atom. The van der Waals surface area contributed by atoms with Crippen molar-refractivity contribution in [1.82, 2.24) is 9.80 Å². The second kappa shape index (κ2) is 13.1. The highest BCUT2D eigenvalue weighted by Crippen LogP contribution is 2.40. The Hall–Kier alpha value is -3.32. The number of hydrogen-bond donors (Lipinski definition) is 1. The molecule has 3 rings (SSSR count). The summed E-state index contributed by atoms with van der Waals surface area (Å²) in [5, 5.41) is 11.3. The number of carbonyl (C=O) groups excluding carboxylic acids is 2. The van der Waals surface area contributed by atoms with Gasteiger partial charge in [-0.15, -0.1) is 0 Å². The number of likely N-dealkylation sites (N-methyl/N-ethyl adjacent to an activating group) is 1. The molecule has 0 saturated carbocycles. The standard InChI is InChI=1S/C29H38N2O5/c1-5-8-9-19-36-23-15-13-21(14-16-23)27(32)25-26(22-11-10-12-24(20-22)35-4)31(29(34)28(25)33)18-17-30(6-2)7-3/h10-16,20,26,32H,5-9,17-19H2,1-4H3/b27-25-. The van der Waals surface area contributed by atoms with E-state index < -0.39 is 17.7 Å². The summed E-state index contributed by atoms with van der Waals surface area (Å²) < 4.78 is 11.2. The number of aliphatic hydroxyl groups excluding tert-OH is 1. The molecule has 1 atom stereocenters. The maximum absolute atomic E-state index is 13.2. The van der Waals surface area contributed by atoms with E-state index in [0.29, 0.717) is 42.3 Å². The van der Waals surface area contributed by atoms with Crippen LogP contribution in [0.3, 0.4) is 0 Å². The van der Waals surface area contributed by atoms with Gasteiger partial charge in [0.2, 0.25) is 0 Å². The average Bonchev–Trinajstić information content (AvgIpc) is 3.16. The van der Waals surface area contributed by atoms with Gasteiger partial charge in [-0.25, -0.2) is 0 Å². The number of likely N-dealkylation sites (tertiary alicyclic amines) is 1. The lowest BCUT2D eigenvalue weighted by Crippen LogP contribution is -2.38. The van der Waals surface area contributed by atoms with Crippen LogP contribution in [-0.2, 0) is 9.59 Å². The lowest BCUT2D eigenvalue weighted by Gasteiger charge is -2.28. The summed E-state index contributed by atoms with van der Waals surface area (Å²) in [6.07, 6.45) is 3.21. The van der Waals surface area contributed by atoms with E-state index in [1.54, 1.807) is 36.3 Å². The normalized spacial score (nSPS) is 17.1. The smallest absolute Gasteiger partial charge is 0.295 e. The van der Waals surface area contributed by atoms with Gasteiger partial charge in [-0.2, -0.15) is 0 Å². The summed E-state index contributed by atoms with van der Waals surface area (Å²) in [6.45, 7) is 9.59. The molecule has 0 aromatic heterocycles. The van der Waals surface area contributed by atoms with Crippen LogP contribution in [-0.4, -0.2) is 66.5 Å². The molecule has 36 heavy (non-hydrogen) atoms. The molecule has 194 valence electrons. The van der Waals surface area contributed by atoms with Crippen LogP contribution in [0.25, 0.3) is 5.76 Å². The maximum Gasteiger partial charge on any atom is 0.295 e. The van der Waals surface area contributed by atoms with E-state index in [9.17, 15) is 14.7 Å². The molecule has 1 saturated heterocycles. The van der Waals surface area contributed by atoms with Crippen LogP contribution in [0.15, 0.2) is 54.1 Å². The molecular formula is C29H38N2O5. The van der Waals surface area contributed by atoms with Crippen LogP contribution < -0.4 is 9.47 Å². The largest absolute Gasteiger partial charge is 0.507 e. The van der Waals surface area contributed by atoms with Gasteiger partial charge in [0.25, 0.3) is 11.7 Å². The van der Waals surface area contributed by atoms with E-state index in [0.717, 1.165) is 32.4 Å². The second-order valence-corrected chi connectivity index (χ2v) is 8.88. The Morgan fingerprint density at radius 1 is 1.00 bits per heavy atom. The van der Waals surface area contributed by atoms with Crippen LogP contribution in [0.5, 0.6) is 11.5 Å². The van der Waals surface area contributed by atoms with Gasteiger partial charge in [0.05, 0.1) is 25.3 Å². The van der Waals surface area contributed by atoms with Crippen molar-refractivity contribution in [2.75, 3.05) is 39.9 Å². The third kappa shape index (κ3) is 6.26. The van der Waals surface area contributed by atoms with Crippen LogP contribution in [0.4, 0.5) is 0 Å². The summed E-state index contributed by atoms with van der Waals surface area (Å²) in [5.74, 6) is -0.158. The molecular weight excluding hydrogens is 456 g/mol. The molecule has 2 aromatic carbocycles. The number of aliphatic hydroxyl groups is 1. The van der Waals surface area contributed by atoms with Crippen molar-refractivity contribution in [2.24, 2.45) is 0 Å². The molecule has 2 aromatic rings. The first kappa shape index (κ1) is 27.3. The first-order valence-electron chi connectivity index (χ1n) is 12.8. The molecule has 1 amide bonds. The lowest BCUT2D eigenvalue weighted by atomic mass is 9.95. The zero-order valence-electron chi connectivity index (χ0n) is 21.8. The quantitative estimate of drug-likeness (QED) is 0.182. The number of methoxy groups -OCH3 is 1. The summed E-state index contributed by atoms with van der Waals surface area (Å²) in [6, 6.07) is 13.6. The maximum atomic E-state index is 13.2. The summed E-state index contributed by atoms with van der Waals surface area (Å²) >= 11 is 0. The molecule has 1 N–H and O–H groups in total. The van der Waals surface area contributed by atoms with Gasteiger partial charge in [-0.1, -0.05) is 45.7 Å². The minimum absolute atomic E-state index is 0.0874. The molecule has 0 spiro atoms. The molecule has 1 unspecified atom stereocenters. The van der Waals surface area contributed by atoms with E-state index in [-0.39, 0.29) is 11.3 Å². The fourth-order valence-electron chi connectivity index (χ4n) is 4.46. The van der Waals surface area contributed by atoms with Crippen LogP contribution >= 0.6 is 0 Å². The molecule has 0 bridgehead atoms. The van der Waals surface area contributed by atoms with Crippen molar-refractivity contribution in [1.29, 1.82) is 0 Å². The fraction of sp³-hybridized carbons (Fsp3) is 0.448. The predicted octanol–water partition coefficient (Wildman–Crippen LogP) is 5.03. The zero-order chi connectivity index (χ0) is 26.1. The summed E-state index contributed by atoms with van der Waals surface area (Å²) in [7, 11) is 1.57. The molecule has 1 fully saturated rings. The van der Waals surface area contributed by atoms with Crippen molar-refractivity contribution in [3.05, 3.63) is 65.2 Å². The number of benzene rings is 2. The Bertz CT molecular complexity index is 1060. The van der Waals surface area contributed by atoms with E-state index in [1.807, 2.05) is 24.3 Å². The minimum atomic E-state index is -0.708. The van der Waals surface area contributed by atoms with Crippen LogP contribution in [0.2, 0.25) is 0 Å². The molecule has 7 heteroatoms. The first-order valence-corrected chi connectivity index (χ1v) is 12.8. The van der Waals surface area contributed by atoms with Gasteiger partial charge in [0.15, 0.2) is 0 Å². The van der Waals surface area contributed by atoms with Gasteiger partial charge in [-0.05, 0) is 61.5 Å². The Labute approximate surface area is 214 Å². The molecule has 7 nitrogen and oxygen atoms in total. The third-order valence-electron chi connectivity index (χ3n) is 6.65. The number of amides is 1. The minimum Gasteiger partial charge on any atom is -0.507 e. The van der Waals surface area contributed by atoms with E-state index >= 15 is 0 Å². The van der Waals surface area contributed by atoms with Crippen molar-refractivity contribution < 1.29 is 24.2 Å². The van der Waals surface area contributed by atoms with Gasteiger partial charge < -0.3 is 24.4 Å². The number of Topliss-reactive ketones (excluding diaryl/α,β-unsaturated/α-hetero) is 1. The number of unbranched alkanes of at least 4 members (excludes halogenated alkanes) is 2. The topological polar surface area (TPSA) is 79.3 Å². The Balaban J connectivity index is 1.97. The number of ketones is 1. The zero-order valence-corrected chi connectivity index (χ0v) is 21.8. The molecule has 0 aliphatic carbocycles. The van der Waals surface area contributed by atoms with Crippen LogP contribution in [0.1, 0.15) is 57.2 Å². The van der Waals surface area contributed by atoms with E-state index in [2.05, 4.69) is 25.7 Å².